The lowest BCUT2D eigenvalue weighted by atomic mass is 10.2. The fraction of sp³-hybridized carbons (Fsp3) is 0.167. The van der Waals surface area contributed by atoms with Gasteiger partial charge < -0.3 is 5.32 Å². The number of alkyl halides is 3. The van der Waals surface area contributed by atoms with Crippen LogP contribution in [0.3, 0.4) is 0 Å². The summed E-state index contributed by atoms with van der Waals surface area (Å²) in [5, 5.41) is 5.93. The van der Waals surface area contributed by atoms with Crippen LogP contribution in [0.15, 0.2) is 36.7 Å². The maximum atomic E-state index is 12.0. The van der Waals surface area contributed by atoms with Crippen LogP contribution in [0.2, 0.25) is 0 Å². The van der Waals surface area contributed by atoms with Gasteiger partial charge in [-0.15, -0.1) is 0 Å². The summed E-state index contributed by atoms with van der Waals surface area (Å²) in [6.45, 7) is -0.171. The average Bonchev–Trinajstić information content (AvgIpc) is 2.82. The molecule has 0 aliphatic carbocycles. The summed E-state index contributed by atoms with van der Waals surface area (Å²) in [5.74, 6) is -1.94. The van der Waals surface area contributed by atoms with E-state index >= 15 is 0 Å². The Morgan fingerprint density at radius 3 is 2.45 bits per heavy atom. The lowest BCUT2D eigenvalue weighted by Crippen LogP contribution is -2.36. The molecule has 0 spiro atoms. The second kappa shape index (κ2) is 5.81. The molecule has 20 heavy (non-hydrogen) atoms. The van der Waals surface area contributed by atoms with Gasteiger partial charge in [0.1, 0.15) is 0 Å². The van der Waals surface area contributed by atoms with Crippen molar-refractivity contribution < 1.29 is 18.0 Å². The molecule has 0 fully saturated rings. The quantitative estimate of drug-likeness (QED) is 0.813. The van der Waals surface area contributed by atoms with Gasteiger partial charge >= 0.3 is 12.1 Å². The molecule has 8 heteroatoms. The Hall–Kier alpha value is -1.58. The van der Waals surface area contributed by atoms with Gasteiger partial charge in [0, 0.05) is 12.7 Å². The second-order valence-electron chi connectivity index (χ2n) is 3.95. The van der Waals surface area contributed by atoms with Gasteiger partial charge in [-0.1, -0.05) is 12.1 Å². The molecule has 1 aromatic heterocycles. The molecule has 1 aromatic carbocycles. The molecule has 1 amide bonds. The van der Waals surface area contributed by atoms with Crippen molar-refractivity contribution >= 4 is 28.5 Å². The lowest BCUT2D eigenvalue weighted by molar-refractivity contribution is -0.173. The van der Waals surface area contributed by atoms with Crippen LogP contribution >= 0.6 is 22.6 Å². The summed E-state index contributed by atoms with van der Waals surface area (Å²) in [7, 11) is 0. The SMILES string of the molecule is O=C(NCc1ccc(-n2cc(I)cn2)cc1)C(F)(F)F. The van der Waals surface area contributed by atoms with Gasteiger partial charge in [0.05, 0.1) is 15.5 Å². The van der Waals surface area contributed by atoms with E-state index in [1.807, 2.05) is 11.5 Å². The molecule has 0 atom stereocenters. The first-order valence-corrected chi connectivity index (χ1v) is 6.58. The molecule has 0 bridgehead atoms. The van der Waals surface area contributed by atoms with Crippen molar-refractivity contribution in [1.29, 1.82) is 0 Å². The maximum absolute atomic E-state index is 12.0. The van der Waals surface area contributed by atoms with Crippen LogP contribution in [0.4, 0.5) is 13.2 Å². The van der Waals surface area contributed by atoms with Crippen LogP contribution in [0.5, 0.6) is 0 Å². The number of amides is 1. The zero-order valence-corrected chi connectivity index (χ0v) is 12.1. The Kier molecular flexibility index (Phi) is 4.31. The average molecular weight is 395 g/mol. The molecule has 1 N–H and O–H groups in total. The topological polar surface area (TPSA) is 46.9 Å². The number of hydrogen-bond acceptors (Lipinski definition) is 2. The number of nitrogens with zero attached hydrogens (tertiary/aromatic N) is 2. The van der Waals surface area contributed by atoms with E-state index in [0.29, 0.717) is 5.56 Å². The molecule has 0 saturated heterocycles. The molecule has 106 valence electrons. The number of benzene rings is 1. The van der Waals surface area contributed by atoms with Crippen molar-refractivity contribution in [2.75, 3.05) is 0 Å². The smallest absolute Gasteiger partial charge is 0.344 e. The van der Waals surface area contributed by atoms with E-state index in [1.165, 1.54) is 0 Å². The van der Waals surface area contributed by atoms with Gasteiger partial charge in [0.2, 0.25) is 0 Å². The van der Waals surface area contributed by atoms with E-state index < -0.39 is 12.1 Å². The van der Waals surface area contributed by atoms with Crippen molar-refractivity contribution in [1.82, 2.24) is 15.1 Å². The minimum Gasteiger partial charge on any atom is -0.344 e. The first-order valence-electron chi connectivity index (χ1n) is 5.51. The Morgan fingerprint density at radius 1 is 1.30 bits per heavy atom. The number of rotatable bonds is 3. The molecule has 1 heterocycles. The molecular weight excluding hydrogens is 386 g/mol. The Morgan fingerprint density at radius 2 is 1.95 bits per heavy atom. The van der Waals surface area contributed by atoms with E-state index in [4.69, 9.17) is 0 Å². The number of carbonyl (C=O) groups is 1. The zero-order valence-electron chi connectivity index (χ0n) is 9.99. The third-order valence-electron chi connectivity index (χ3n) is 2.46. The summed E-state index contributed by atoms with van der Waals surface area (Å²) in [6.07, 6.45) is -1.34. The predicted octanol–water partition coefficient (Wildman–Crippen LogP) is 2.66. The summed E-state index contributed by atoms with van der Waals surface area (Å²) in [6, 6.07) is 6.72. The molecule has 0 saturated carbocycles. The van der Waals surface area contributed by atoms with Crippen molar-refractivity contribution in [2.45, 2.75) is 12.7 Å². The number of hydrogen-bond donors (Lipinski definition) is 1. The van der Waals surface area contributed by atoms with E-state index in [2.05, 4.69) is 27.7 Å². The number of carbonyl (C=O) groups excluding carboxylic acids is 1. The lowest BCUT2D eigenvalue weighted by Gasteiger charge is -2.08. The first-order chi connectivity index (χ1) is 9.36. The van der Waals surface area contributed by atoms with Crippen molar-refractivity contribution in [2.24, 2.45) is 0 Å². The predicted molar refractivity (Wildman–Crippen MR) is 74.2 cm³/mol. The number of halogens is 4. The molecule has 2 rings (SSSR count). The molecule has 2 aromatic rings. The monoisotopic (exact) mass is 395 g/mol. The van der Waals surface area contributed by atoms with E-state index in [-0.39, 0.29) is 6.54 Å². The fourth-order valence-corrected chi connectivity index (χ4v) is 1.88. The van der Waals surface area contributed by atoms with E-state index in [0.717, 1.165) is 9.26 Å². The van der Waals surface area contributed by atoms with Gasteiger partial charge in [0.25, 0.3) is 0 Å². The van der Waals surface area contributed by atoms with Crippen LogP contribution in [0.25, 0.3) is 5.69 Å². The molecule has 0 unspecified atom stereocenters. The summed E-state index contributed by atoms with van der Waals surface area (Å²) in [5.41, 5.74) is 1.37. The van der Waals surface area contributed by atoms with E-state index in [1.54, 1.807) is 35.1 Å². The highest BCUT2D eigenvalue weighted by Crippen LogP contribution is 2.15. The third-order valence-corrected chi connectivity index (χ3v) is 3.02. The van der Waals surface area contributed by atoms with Crippen molar-refractivity contribution in [3.63, 3.8) is 0 Å². The van der Waals surface area contributed by atoms with Gasteiger partial charge in [-0.2, -0.15) is 18.3 Å². The summed E-state index contributed by atoms with van der Waals surface area (Å²) >= 11 is 2.12. The first kappa shape index (κ1) is 14.8. The molecule has 0 aliphatic heterocycles. The normalized spacial score (nSPS) is 11.4. The minimum absolute atomic E-state index is 0.171. The Labute approximate surface area is 126 Å². The number of nitrogens with one attached hydrogen (secondary N) is 1. The van der Waals surface area contributed by atoms with Crippen molar-refractivity contribution in [3.8, 4) is 5.69 Å². The Balaban J connectivity index is 2.00. The molecule has 0 radical (unpaired) electrons. The number of aromatic nitrogens is 2. The Bertz CT molecular complexity index is 607. The largest absolute Gasteiger partial charge is 0.471 e. The van der Waals surface area contributed by atoms with E-state index in [9.17, 15) is 18.0 Å². The maximum Gasteiger partial charge on any atom is 0.471 e. The summed E-state index contributed by atoms with van der Waals surface area (Å²) in [4.78, 5) is 10.7. The van der Waals surface area contributed by atoms with Crippen LogP contribution in [-0.4, -0.2) is 21.9 Å². The minimum atomic E-state index is -4.86. The van der Waals surface area contributed by atoms with Gasteiger partial charge in [-0.05, 0) is 40.3 Å². The third kappa shape index (κ3) is 3.71. The summed E-state index contributed by atoms with van der Waals surface area (Å²) < 4.78 is 38.7. The highest BCUT2D eigenvalue weighted by Gasteiger charge is 2.38. The highest BCUT2D eigenvalue weighted by atomic mass is 127. The van der Waals surface area contributed by atoms with Crippen LogP contribution in [0, 0.1) is 3.57 Å². The second-order valence-corrected chi connectivity index (χ2v) is 5.20. The fourth-order valence-electron chi connectivity index (χ4n) is 1.49. The standard InChI is InChI=1S/C12H9F3IN3O/c13-12(14,15)11(20)17-5-8-1-3-10(4-2-8)19-7-9(16)6-18-19/h1-4,6-7H,5H2,(H,17,20). The van der Waals surface area contributed by atoms with Crippen LogP contribution in [0.1, 0.15) is 5.56 Å². The van der Waals surface area contributed by atoms with Crippen LogP contribution in [-0.2, 0) is 11.3 Å². The van der Waals surface area contributed by atoms with Gasteiger partial charge in [-0.3, -0.25) is 4.79 Å². The molecular formula is C12H9F3IN3O. The van der Waals surface area contributed by atoms with Gasteiger partial charge in [-0.25, -0.2) is 4.68 Å². The van der Waals surface area contributed by atoms with Crippen molar-refractivity contribution in [3.05, 3.63) is 45.8 Å². The molecule has 0 aliphatic rings. The highest BCUT2D eigenvalue weighted by molar-refractivity contribution is 14.1. The zero-order chi connectivity index (χ0) is 14.8. The van der Waals surface area contributed by atoms with Gasteiger partial charge in [0.15, 0.2) is 0 Å². The van der Waals surface area contributed by atoms with Crippen LogP contribution < -0.4 is 5.32 Å². The molecule has 4 nitrogen and oxygen atoms in total.